The first-order valence-corrected chi connectivity index (χ1v) is 8.23. The highest BCUT2D eigenvalue weighted by Crippen LogP contribution is 2.15. The molecule has 0 fully saturated rings. The molecule has 4 heteroatoms. The number of hydrogen-bond donors (Lipinski definition) is 0. The standard InChI is InChI=1S/C17H18Cl3N/c18-10-1-11-21(12-14-2-6-16(19)7-3-14)13-15-4-8-17(20)9-5-15/h2-9H,1,10-13H2. The first-order chi connectivity index (χ1) is 10.2. The van der Waals surface area contributed by atoms with Gasteiger partial charge in [-0.3, -0.25) is 4.90 Å². The summed E-state index contributed by atoms with van der Waals surface area (Å²) in [4.78, 5) is 2.38. The van der Waals surface area contributed by atoms with E-state index in [0.717, 1.165) is 36.1 Å². The lowest BCUT2D eigenvalue weighted by molar-refractivity contribution is 0.258. The second-order valence-electron chi connectivity index (χ2n) is 5.01. The fourth-order valence-electron chi connectivity index (χ4n) is 2.19. The summed E-state index contributed by atoms with van der Waals surface area (Å²) < 4.78 is 0. The number of rotatable bonds is 7. The Morgan fingerprint density at radius 3 is 1.52 bits per heavy atom. The predicted octanol–water partition coefficient (Wildman–Crippen LogP) is 5.62. The number of benzene rings is 2. The minimum Gasteiger partial charge on any atom is -0.295 e. The van der Waals surface area contributed by atoms with Crippen molar-refractivity contribution in [3.63, 3.8) is 0 Å². The van der Waals surface area contributed by atoms with Gasteiger partial charge in [-0.15, -0.1) is 11.6 Å². The Morgan fingerprint density at radius 1 is 0.714 bits per heavy atom. The summed E-state index contributed by atoms with van der Waals surface area (Å²) in [7, 11) is 0. The van der Waals surface area contributed by atoms with Gasteiger partial charge in [-0.05, 0) is 48.4 Å². The summed E-state index contributed by atoms with van der Waals surface area (Å²) in [5.74, 6) is 0.678. The van der Waals surface area contributed by atoms with E-state index >= 15 is 0 Å². The van der Waals surface area contributed by atoms with Gasteiger partial charge in [0.1, 0.15) is 0 Å². The lowest BCUT2D eigenvalue weighted by atomic mass is 10.1. The Labute approximate surface area is 141 Å². The van der Waals surface area contributed by atoms with Crippen LogP contribution in [0, 0.1) is 0 Å². The highest BCUT2D eigenvalue weighted by atomic mass is 35.5. The lowest BCUT2D eigenvalue weighted by Gasteiger charge is -2.22. The van der Waals surface area contributed by atoms with E-state index in [1.54, 1.807) is 0 Å². The molecule has 0 aromatic heterocycles. The van der Waals surface area contributed by atoms with E-state index < -0.39 is 0 Å². The fourth-order valence-corrected chi connectivity index (χ4v) is 2.56. The maximum atomic E-state index is 5.93. The van der Waals surface area contributed by atoms with Gasteiger partial charge in [-0.25, -0.2) is 0 Å². The zero-order chi connectivity index (χ0) is 15.1. The summed E-state index contributed by atoms with van der Waals surface area (Å²) in [5.41, 5.74) is 2.51. The molecule has 0 aliphatic carbocycles. The number of hydrogen-bond acceptors (Lipinski definition) is 1. The normalized spacial score (nSPS) is 11.0. The molecule has 0 amide bonds. The third-order valence-corrected chi connectivity index (χ3v) is 4.02. The van der Waals surface area contributed by atoms with Crippen LogP contribution in [-0.2, 0) is 13.1 Å². The van der Waals surface area contributed by atoms with Crippen molar-refractivity contribution in [2.24, 2.45) is 0 Å². The van der Waals surface area contributed by atoms with Crippen LogP contribution in [0.3, 0.4) is 0 Å². The second kappa shape index (κ2) is 8.65. The average Bonchev–Trinajstić information content (AvgIpc) is 2.49. The Kier molecular flexibility index (Phi) is 6.85. The molecule has 1 nitrogen and oxygen atoms in total. The molecule has 0 saturated heterocycles. The Morgan fingerprint density at radius 2 is 1.14 bits per heavy atom. The van der Waals surface area contributed by atoms with Crippen LogP contribution in [-0.4, -0.2) is 17.3 Å². The molecule has 0 saturated carbocycles. The van der Waals surface area contributed by atoms with Gasteiger partial charge in [0, 0.05) is 29.0 Å². The minimum absolute atomic E-state index is 0.678. The van der Waals surface area contributed by atoms with E-state index in [-0.39, 0.29) is 0 Å². The van der Waals surface area contributed by atoms with Gasteiger partial charge in [0.05, 0.1) is 0 Å². The van der Waals surface area contributed by atoms with E-state index in [9.17, 15) is 0 Å². The maximum absolute atomic E-state index is 5.93. The predicted molar refractivity (Wildman–Crippen MR) is 92.4 cm³/mol. The van der Waals surface area contributed by atoms with Crippen LogP contribution in [0.4, 0.5) is 0 Å². The summed E-state index contributed by atoms with van der Waals surface area (Å²) in [6.45, 7) is 2.74. The van der Waals surface area contributed by atoms with Crippen molar-refractivity contribution >= 4 is 34.8 Å². The van der Waals surface area contributed by atoms with E-state index in [1.807, 2.05) is 24.3 Å². The third-order valence-electron chi connectivity index (χ3n) is 3.25. The molecule has 0 atom stereocenters. The number of nitrogens with zero attached hydrogens (tertiary/aromatic N) is 1. The lowest BCUT2D eigenvalue weighted by Crippen LogP contribution is -2.24. The molecule has 2 aromatic carbocycles. The molecule has 2 aromatic rings. The van der Waals surface area contributed by atoms with E-state index in [4.69, 9.17) is 34.8 Å². The molecule has 0 bridgehead atoms. The zero-order valence-corrected chi connectivity index (χ0v) is 14.0. The van der Waals surface area contributed by atoms with Crippen molar-refractivity contribution in [3.05, 3.63) is 69.7 Å². The summed E-state index contributed by atoms with van der Waals surface area (Å²) in [6, 6.07) is 16.0. The summed E-state index contributed by atoms with van der Waals surface area (Å²) >= 11 is 17.7. The molecule has 0 aliphatic rings. The zero-order valence-electron chi connectivity index (χ0n) is 11.7. The van der Waals surface area contributed by atoms with Crippen molar-refractivity contribution in [2.45, 2.75) is 19.5 Å². The first kappa shape index (κ1) is 16.6. The molecule has 0 aliphatic heterocycles. The van der Waals surface area contributed by atoms with Crippen molar-refractivity contribution in [2.75, 3.05) is 12.4 Å². The maximum Gasteiger partial charge on any atom is 0.0406 e. The Hall–Kier alpha value is -0.730. The van der Waals surface area contributed by atoms with Crippen LogP contribution in [0.25, 0.3) is 0 Å². The molecule has 0 spiro atoms. The smallest absolute Gasteiger partial charge is 0.0406 e. The van der Waals surface area contributed by atoms with Gasteiger partial charge in [0.15, 0.2) is 0 Å². The molecular formula is C17H18Cl3N. The minimum atomic E-state index is 0.678. The van der Waals surface area contributed by atoms with Crippen LogP contribution in [0.1, 0.15) is 17.5 Å². The van der Waals surface area contributed by atoms with Crippen molar-refractivity contribution < 1.29 is 0 Å². The summed E-state index contributed by atoms with van der Waals surface area (Å²) in [5, 5.41) is 1.53. The summed E-state index contributed by atoms with van der Waals surface area (Å²) in [6.07, 6.45) is 0.975. The van der Waals surface area contributed by atoms with Crippen molar-refractivity contribution in [1.82, 2.24) is 4.90 Å². The molecule has 2 rings (SSSR count). The molecule has 112 valence electrons. The van der Waals surface area contributed by atoms with Gasteiger partial charge in [-0.1, -0.05) is 47.5 Å². The molecular weight excluding hydrogens is 325 g/mol. The van der Waals surface area contributed by atoms with Crippen LogP contribution >= 0.6 is 34.8 Å². The van der Waals surface area contributed by atoms with Crippen LogP contribution in [0.15, 0.2) is 48.5 Å². The Bertz CT molecular complexity index is 489. The first-order valence-electron chi connectivity index (χ1n) is 6.94. The molecule has 0 N–H and O–H groups in total. The van der Waals surface area contributed by atoms with Gasteiger partial charge in [0.2, 0.25) is 0 Å². The van der Waals surface area contributed by atoms with Gasteiger partial charge >= 0.3 is 0 Å². The molecule has 21 heavy (non-hydrogen) atoms. The van der Waals surface area contributed by atoms with Gasteiger partial charge < -0.3 is 0 Å². The molecule has 0 radical (unpaired) electrons. The largest absolute Gasteiger partial charge is 0.295 e. The second-order valence-corrected chi connectivity index (χ2v) is 6.26. The monoisotopic (exact) mass is 341 g/mol. The molecule has 0 heterocycles. The van der Waals surface area contributed by atoms with Gasteiger partial charge in [-0.2, -0.15) is 0 Å². The SMILES string of the molecule is ClCCCN(Cc1ccc(Cl)cc1)Cc1ccc(Cl)cc1. The fraction of sp³-hybridized carbons (Fsp3) is 0.294. The van der Waals surface area contributed by atoms with Crippen LogP contribution in [0.5, 0.6) is 0 Å². The Balaban J connectivity index is 2.02. The average molecular weight is 343 g/mol. The number of alkyl halides is 1. The van der Waals surface area contributed by atoms with Crippen molar-refractivity contribution in [3.8, 4) is 0 Å². The highest BCUT2D eigenvalue weighted by molar-refractivity contribution is 6.30. The van der Waals surface area contributed by atoms with Crippen LogP contribution in [0.2, 0.25) is 10.0 Å². The van der Waals surface area contributed by atoms with E-state index in [0.29, 0.717) is 5.88 Å². The van der Waals surface area contributed by atoms with Crippen molar-refractivity contribution in [1.29, 1.82) is 0 Å². The highest BCUT2D eigenvalue weighted by Gasteiger charge is 2.07. The molecule has 0 unspecified atom stereocenters. The number of halogens is 3. The third kappa shape index (κ3) is 5.88. The van der Waals surface area contributed by atoms with Crippen LogP contribution < -0.4 is 0 Å². The topological polar surface area (TPSA) is 3.24 Å². The van der Waals surface area contributed by atoms with E-state index in [1.165, 1.54) is 11.1 Å². The quantitative estimate of drug-likeness (QED) is 0.590. The van der Waals surface area contributed by atoms with E-state index in [2.05, 4.69) is 29.2 Å². The van der Waals surface area contributed by atoms with Gasteiger partial charge in [0.25, 0.3) is 0 Å².